The molecule has 17 heavy (non-hydrogen) atoms. The van der Waals surface area contributed by atoms with Crippen molar-refractivity contribution in [2.45, 2.75) is 26.4 Å². The molecule has 94 valence electrons. The maximum absolute atomic E-state index is 11.1. The topological polar surface area (TPSA) is 35.5 Å². The van der Waals surface area contributed by atoms with E-state index in [2.05, 4.69) is 11.7 Å². The lowest BCUT2D eigenvalue weighted by atomic mass is 10.0. The fourth-order valence-electron chi connectivity index (χ4n) is 1.56. The Morgan fingerprint density at radius 3 is 2.59 bits per heavy atom. The highest BCUT2D eigenvalue weighted by molar-refractivity contribution is 5.69. The van der Waals surface area contributed by atoms with E-state index in [1.165, 1.54) is 7.11 Å². The van der Waals surface area contributed by atoms with Gasteiger partial charge in [0.15, 0.2) is 0 Å². The van der Waals surface area contributed by atoms with Gasteiger partial charge in [0.25, 0.3) is 0 Å². The van der Waals surface area contributed by atoms with Gasteiger partial charge in [0.2, 0.25) is 0 Å². The molecule has 0 fully saturated rings. The van der Waals surface area contributed by atoms with E-state index < -0.39 is 0 Å². The van der Waals surface area contributed by atoms with Crippen molar-refractivity contribution >= 4 is 5.97 Å². The fraction of sp³-hybridized carbons (Fsp3) is 0.500. The van der Waals surface area contributed by atoms with Gasteiger partial charge in [-0.1, -0.05) is 43.7 Å². The summed E-state index contributed by atoms with van der Waals surface area (Å²) in [6.07, 6.45) is 1.35. The summed E-state index contributed by atoms with van der Waals surface area (Å²) in [6, 6.07) is 10.0. The smallest absolute Gasteiger partial charge is 0.305 e. The van der Waals surface area contributed by atoms with Crippen LogP contribution in [0.5, 0.6) is 0 Å². The second kappa shape index (κ2) is 7.85. The summed E-state index contributed by atoms with van der Waals surface area (Å²) in [5.41, 5.74) is 1.15. The van der Waals surface area contributed by atoms with Gasteiger partial charge in [-0.05, 0) is 11.5 Å². The van der Waals surface area contributed by atoms with E-state index in [4.69, 9.17) is 4.74 Å². The summed E-state index contributed by atoms with van der Waals surface area (Å²) in [7, 11) is 1.42. The SMILES string of the molecule is CCC(COCc1ccccc1)CC(=O)OC. The minimum absolute atomic E-state index is 0.167. The van der Waals surface area contributed by atoms with Crippen molar-refractivity contribution in [2.75, 3.05) is 13.7 Å². The van der Waals surface area contributed by atoms with Crippen LogP contribution < -0.4 is 0 Å². The molecule has 0 aliphatic heterocycles. The molecule has 0 heterocycles. The van der Waals surface area contributed by atoms with E-state index in [0.29, 0.717) is 19.6 Å². The standard InChI is InChI=1S/C14H20O3/c1-3-12(9-14(15)16-2)10-17-11-13-7-5-4-6-8-13/h4-8,12H,3,9-11H2,1-2H3. The number of hydrogen-bond acceptors (Lipinski definition) is 3. The van der Waals surface area contributed by atoms with Crippen LogP contribution in [0.25, 0.3) is 0 Å². The van der Waals surface area contributed by atoms with Crippen molar-refractivity contribution in [1.29, 1.82) is 0 Å². The molecule has 3 heteroatoms. The lowest BCUT2D eigenvalue weighted by molar-refractivity contribution is -0.142. The van der Waals surface area contributed by atoms with Crippen LogP contribution in [-0.2, 0) is 20.9 Å². The molecular weight excluding hydrogens is 216 g/mol. The lowest BCUT2D eigenvalue weighted by Gasteiger charge is -2.13. The first-order valence-corrected chi connectivity index (χ1v) is 5.94. The molecule has 3 nitrogen and oxygen atoms in total. The molecule has 1 aromatic rings. The summed E-state index contributed by atoms with van der Waals surface area (Å²) in [4.78, 5) is 11.1. The number of benzene rings is 1. The Labute approximate surface area is 103 Å². The van der Waals surface area contributed by atoms with Crippen molar-refractivity contribution in [3.05, 3.63) is 35.9 Å². The largest absolute Gasteiger partial charge is 0.469 e. The molecule has 0 bridgehead atoms. The van der Waals surface area contributed by atoms with Gasteiger partial charge in [-0.15, -0.1) is 0 Å². The van der Waals surface area contributed by atoms with Crippen molar-refractivity contribution in [3.8, 4) is 0 Å². The second-order valence-electron chi connectivity index (χ2n) is 4.06. The Morgan fingerprint density at radius 2 is 2.00 bits per heavy atom. The molecule has 1 aromatic carbocycles. The van der Waals surface area contributed by atoms with Crippen molar-refractivity contribution in [3.63, 3.8) is 0 Å². The average Bonchev–Trinajstić information content (AvgIpc) is 2.38. The molecular formula is C14H20O3. The number of methoxy groups -OCH3 is 1. The molecule has 0 saturated carbocycles. The van der Waals surface area contributed by atoms with Gasteiger partial charge in [0.1, 0.15) is 0 Å². The van der Waals surface area contributed by atoms with Crippen LogP contribution in [0.4, 0.5) is 0 Å². The van der Waals surface area contributed by atoms with E-state index in [9.17, 15) is 4.79 Å². The zero-order valence-corrected chi connectivity index (χ0v) is 10.5. The summed E-state index contributed by atoms with van der Waals surface area (Å²) in [5.74, 6) is 0.0753. The predicted octanol–water partition coefficient (Wildman–Crippen LogP) is 2.79. The lowest BCUT2D eigenvalue weighted by Crippen LogP contribution is -2.14. The third-order valence-electron chi connectivity index (χ3n) is 2.73. The van der Waals surface area contributed by atoms with Crippen LogP contribution in [0.2, 0.25) is 0 Å². The normalized spacial score (nSPS) is 12.1. The second-order valence-corrected chi connectivity index (χ2v) is 4.06. The summed E-state index contributed by atoms with van der Waals surface area (Å²) in [6.45, 7) is 3.25. The van der Waals surface area contributed by atoms with Gasteiger partial charge in [-0.25, -0.2) is 0 Å². The number of ether oxygens (including phenoxy) is 2. The predicted molar refractivity (Wildman–Crippen MR) is 66.5 cm³/mol. The Balaban J connectivity index is 2.26. The highest BCUT2D eigenvalue weighted by Gasteiger charge is 2.12. The first-order chi connectivity index (χ1) is 8.26. The molecule has 1 atom stereocenters. The number of esters is 1. The maximum Gasteiger partial charge on any atom is 0.305 e. The summed E-state index contributed by atoms with van der Waals surface area (Å²) >= 11 is 0. The van der Waals surface area contributed by atoms with E-state index >= 15 is 0 Å². The maximum atomic E-state index is 11.1. The number of carbonyl (C=O) groups is 1. The van der Waals surface area contributed by atoms with Crippen LogP contribution in [-0.4, -0.2) is 19.7 Å². The minimum Gasteiger partial charge on any atom is -0.469 e. The fourth-order valence-corrected chi connectivity index (χ4v) is 1.56. The van der Waals surface area contributed by atoms with Gasteiger partial charge in [-0.2, -0.15) is 0 Å². The van der Waals surface area contributed by atoms with Crippen molar-refractivity contribution in [2.24, 2.45) is 5.92 Å². The summed E-state index contributed by atoms with van der Waals surface area (Å²) < 4.78 is 10.3. The van der Waals surface area contributed by atoms with E-state index in [1.807, 2.05) is 30.3 Å². The number of carbonyl (C=O) groups excluding carboxylic acids is 1. The number of hydrogen-bond donors (Lipinski definition) is 0. The van der Waals surface area contributed by atoms with Gasteiger partial charge in [0.05, 0.1) is 26.7 Å². The third kappa shape index (κ3) is 5.50. The van der Waals surface area contributed by atoms with E-state index in [0.717, 1.165) is 12.0 Å². The molecule has 0 aliphatic rings. The van der Waals surface area contributed by atoms with Gasteiger partial charge in [-0.3, -0.25) is 4.79 Å². The van der Waals surface area contributed by atoms with Gasteiger partial charge >= 0.3 is 5.97 Å². The average molecular weight is 236 g/mol. The molecule has 0 spiro atoms. The minimum atomic E-state index is -0.167. The zero-order chi connectivity index (χ0) is 12.5. The first-order valence-electron chi connectivity index (χ1n) is 5.94. The Morgan fingerprint density at radius 1 is 1.29 bits per heavy atom. The molecule has 0 saturated heterocycles. The first kappa shape index (κ1) is 13.7. The molecule has 0 radical (unpaired) electrons. The molecule has 0 aliphatic carbocycles. The monoisotopic (exact) mass is 236 g/mol. The van der Waals surface area contributed by atoms with Crippen molar-refractivity contribution in [1.82, 2.24) is 0 Å². The zero-order valence-electron chi connectivity index (χ0n) is 10.5. The molecule has 1 rings (SSSR count). The van der Waals surface area contributed by atoms with E-state index in [1.54, 1.807) is 0 Å². The molecule has 0 amide bonds. The molecule has 0 N–H and O–H groups in total. The van der Waals surface area contributed by atoms with Crippen LogP contribution in [0.15, 0.2) is 30.3 Å². The number of rotatable bonds is 7. The molecule has 1 unspecified atom stereocenters. The highest BCUT2D eigenvalue weighted by Crippen LogP contribution is 2.11. The van der Waals surface area contributed by atoms with Gasteiger partial charge < -0.3 is 9.47 Å². The Hall–Kier alpha value is -1.35. The third-order valence-corrected chi connectivity index (χ3v) is 2.73. The van der Waals surface area contributed by atoms with Gasteiger partial charge in [0, 0.05) is 0 Å². The summed E-state index contributed by atoms with van der Waals surface area (Å²) in [5, 5.41) is 0. The van der Waals surface area contributed by atoms with E-state index in [-0.39, 0.29) is 11.9 Å². The molecule has 0 aromatic heterocycles. The Kier molecular flexibility index (Phi) is 6.33. The van der Waals surface area contributed by atoms with Crippen molar-refractivity contribution < 1.29 is 14.3 Å². The highest BCUT2D eigenvalue weighted by atomic mass is 16.5. The van der Waals surface area contributed by atoms with Crippen LogP contribution in [0.1, 0.15) is 25.3 Å². The van der Waals surface area contributed by atoms with Crippen LogP contribution >= 0.6 is 0 Å². The quantitative estimate of drug-likeness (QED) is 0.683. The Bertz CT molecular complexity index is 321. The van der Waals surface area contributed by atoms with Crippen LogP contribution in [0, 0.1) is 5.92 Å². The van der Waals surface area contributed by atoms with Crippen LogP contribution in [0.3, 0.4) is 0 Å².